The third-order valence-electron chi connectivity index (χ3n) is 3.03. The van der Waals surface area contributed by atoms with Crippen LogP contribution in [0, 0.1) is 0 Å². The highest BCUT2D eigenvalue weighted by molar-refractivity contribution is 9.10. The molecule has 1 atom stereocenters. The molecule has 1 rings (SSSR count). The van der Waals surface area contributed by atoms with Crippen molar-refractivity contribution in [1.82, 2.24) is 0 Å². The van der Waals surface area contributed by atoms with E-state index in [1.165, 1.54) is 0 Å². The monoisotopic (exact) mass is 340 g/mol. The molecule has 0 aromatic heterocycles. The van der Waals surface area contributed by atoms with Gasteiger partial charge in [0.25, 0.3) is 0 Å². The van der Waals surface area contributed by atoms with Crippen molar-refractivity contribution in [2.45, 2.75) is 25.2 Å². The predicted octanol–water partition coefficient (Wildman–Crippen LogP) is 3.30. The van der Waals surface area contributed by atoms with Gasteiger partial charge in [0, 0.05) is 4.47 Å². The van der Waals surface area contributed by atoms with Crippen LogP contribution in [-0.2, 0) is 19.7 Å². The number of carbonyl (C=O) groups is 2. The number of rotatable bonds is 7. The number of esters is 1. The second-order valence-electron chi connectivity index (χ2n) is 4.27. The second-order valence-corrected chi connectivity index (χ2v) is 5.18. The maximum Gasteiger partial charge on any atom is 0.328 e. The van der Waals surface area contributed by atoms with E-state index in [1.54, 1.807) is 37.3 Å². The van der Waals surface area contributed by atoms with E-state index in [0.29, 0.717) is 16.5 Å². The molecule has 1 aromatic rings. The highest BCUT2D eigenvalue weighted by atomic mass is 79.9. The van der Waals surface area contributed by atoms with Crippen molar-refractivity contribution in [2.24, 2.45) is 0 Å². The van der Waals surface area contributed by atoms with Gasteiger partial charge in [0.15, 0.2) is 5.41 Å². The molecule has 0 radical (unpaired) electrons. The number of aliphatic carboxylic acids is 1. The average Bonchev–Trinajstić information content (AvgIpc) is 2.39. The van der Waals surface area contributed by atoms with Gasteiger partial charge in [0.1, 0.15) is 0 Å². The Morgan fingerprint density at radius 3 is 2.70 bits per heavy atom. The molecule has 20 heavy (non-hydrogen) atoms. The lowest BCUT2D eigenvalue weighted by Gasteiger charge is -2.27. The van der Waals surface area contributed by atoms with Crippen molar-refractivity contribution in [3.05, 3.63) is 47.0 Å². The van der Waals surface area contributed by atoms with Gasteiger partial charge >= 0.3 is 11.9 Å². The van der Waals surface area contributed by atoms with E-state index in [-0.39, 0.29) is 13.0 Å². The summed E-state index contributed by atoms with van der Waals surface area (Å²) >= 11 is 3.29. The van der Waals surface area contributed by atoms with E-state index in [0.717, 1.165) is 0 Å². The number of carboxylic acid groups (broad SMARTS) is 1. The number of hydrogen-bond acceptors (Lipinski definition) is 3. The summed E-state index contributed by atoms with van der Waals surface area (Å²) in [5, 5.41) is 9.64. The normalized spacial score (nSPS) is 13.3. The van der Waals surface area contributed by atoms with Crippen LogP contribution in [0.2, 0.25) is 0 Å². The number of ether oxygens (including phenoxy) is 1. The van der Waals surface area contributed by atoms with Crippen LogP contribution in [0.5, 0.6) is 0 Å². The van der Waals surface area contributed by atoms with Crippen LogP contribution in [0.3, 0.4) is 0 Å². The first kappa shape index (κ1) is 16.4. The molecule has 0 bridgehead atoms. The molecule has 0 aliphatic rings. The highest BCUT2D eigenvalue weighted by Crippen LogP contribution is 2.33. The fraction of sp³-hybridized carbons (Fsp3) is 0.333. The lowest BCUT2D eigenvalue weighted by molar-refractivity contribution is -0.162. The molecule has 0 saturated carbocycles. The minimum Gasteiger partial charge on any atom is -0.480 e. The van der Waals surface area contributed by atoms with Crippen LogP contribution in [0.15, 0.2) is 41.4 Å². The van der Waals surface area contributed by atoms with Crippen molar-refractivity contribution in [3.8, 4) is 0 Å². The fourth-order valence-corrected chi connectivity index (χ4v) is 2.41. The van der Waals surface area contributed by atoms with Crippen LogP contribution in [0.4, 0.5) is 0 Å². The lowest BCUT2D eigenvalue weighted by atomic mass is 9.76. The summed E-state index contributed by atoms with van der Waals surface area (Å²) in [6.07, 6.45) is 2.10. The third kappa shape index (κ3) is 3.28. The number of carbonyl (C=O) groups excluding carboxylic acids is 1. The molecule has 0 fully saturated rings. The predicted molar refractivity (Wildman–Crippen MR) is 79.5 cm³/mol. The van der Waals surface area contributed by atoms with Gasteiger partial charge in [0.05, 0.1) is 6.61 Å². The maximum absolute atomic E-state index is 12.3. The van der Waals surface area contributed by atoms with Crippen molar-refractivity contribution in [1.29, 1.82) is 0 Å². The first-order valence-electron chi connectivity index (χ1n) is 6.26. The molecule has 4 nitrogen and oxygen atoms in total. The third-order valence-corrected chi connectivity index (χ3v) is 3.52. The number of hydrogen-bond donors (Lipinski definition) is 1. The zero-order valence-electron chi connectivity index (χ0n) is 11.3. The fourth-order valence-electron chi connectivity index (χ4n) is 2.01. The Morgan fingerprint density at radius 2 is 2.20 bits per heavy atom. The Kier molecular flexibility index (Phi) is 5.95. The molecule has 1 N–H and O–H groups in total. The van der Waals surface area contributed by atoms with E-state index in [1.807, 2.05) is 0 Å². The molecule has 0 aliphatic carbocycles. The summed E-state index contributed by atoms with van der Waals surface area (Å²) in [6, 6.07) is 6.73. The molecule has 1 aromatic carbocycles. The first-order valence-corrected chi connectivity index (χ1v) is 7.06. The van der Waals surface area contributed by atoms with Gasteiger partial charge in [-0.1, -0.05) is 34.1 Å². The van der Waals surface area contributed by atoms with Crippen LogP contribution in [0.1, 0.15) is 25.3 Å². The summed E-state index contributed by atoms with van der Waals surface area (Å²) in [6.45, 7) is 5.37. The lowest BCUT2D eigenvalue weighted by Crippen LogP contribution is -2.45. The number of halogens is 1. The Balaban J connectivity index is 3.39. The van der Waals surface area contributed by atoms with Crippen molar-refractivity contribution in [2.75, 3.05) is 6.61 Å². The maximum atomic E-state index is 12.3. The summed E-state index contributed by atoms with van der Waals surface area (Å²) in [7, 11) is 0. The van der Waals surface area contributed by atoms with Crippen LogP contribution in [0.25, 0.3) is 0 Å². The molecule has 0 saturated heterocycles. The van der Waals surface area contributed by atoms with Crippen molar-refractivity contribution in [3.63, 3.8) is 0 Å². The first-order chi connectivity index (χ1) is 9.48. The Hall–Kier alpha value is -1.62. The summed E-state index contributed by atoms with van der Waals surface area (Å²) in [4.78, 5) is 24.1. The SMILES string of the molecule is C=CCCC(C(=O)O)(C(=O)OCC)c1cccc(Br)c1. The standard InChI is InChI=1S/C15H17BrO4/c1-3-5-9-15(13(17)18,14(19)20-4-2)11-7-6-8-12(16)10-11/h3,6-8,10H,1,4-5,9H2,2H3,(H,17,18). The Morgan fingerprint density at radius 1 is 1.50 bits per heavy atom. The summed E-state index contributed by atoms with van der Waals surface area (Å²) in [5.74, 6) is -1.96. The van der Waals surface area contributed by atoms with Gasteiger partial charge in [-0.05, 0) is 37.5 Å². The highest BCUT2D eigenvalue weighted by Gasteiger charge is 2.48. The zero-order chi connectivity index (χ0) is 15.2. The Bertz CT molecular complexity index is 512. The van der Waals surface area contributed by atoms with Crippen molar-refractivity contribution >= 4 is 27.9 Å². The van der Waals surface area contributed by atoms with E-state index in [9.17, 15) is 14.7 Å². The molecule has 1 unspecified atom stereocenters. The molecule has 0 spiro atoms. The molecule has 5 heteroatoms. The van der Waals surface area contributed by atoms with Crippen LogP contribution in [-0.4, -0.2) is 23.7 Å². The molecule has 0 amide bonds. The number of allylic oxidation sites excluding steroid dienone is 1. The molecule has 108 valence electrons. The van der Waals surface area contributed by atoms with Gasteiger partial charge in [-0.15, -0.1) is 6.58 Å². The summed E-state index contributed by atoms with van der Waals surface area (Å²) in [5.41, 5.74) is -1.30. The molecular formula is C15H17BrO4. The number of benzene rings is 1. The van der Waals surface area contributed by atoms with Crippen LogP contribution >= 0.6 is 15.9 Å². The van der Waals surface area contributed by atoms with E-state index in [2.05, 4.69) is 22.5 Å². The van der Waals surface area contributed by atoms with Gasteiger partial charge < -0.3 is 9.84 Å². The molecular weight excluding hydrogens is 324 g/mol. The van der Waals surface area contributed by atoms with Gasteiger partial charge in [-0.3, -0.25) is 9.59 Å². The minimum absolute atomic E-state index is 0.112. The van der Waals surface area contributed by atoms with E-state index in [4.69, 9.17) is 4.74 Å². The largest absolute Gasteiger partial charge is 0.480 e. The molecule has 0 heterocycles. The zero-order valence-corrected chi connectivity index (χ0v) is 12.9. The summed E-state index contributed by atoms with van der Waals surface area (Å²) < 4.78 is 5.70. The van der Waals surface area contributed by atoms with Gasteiger partial charge in [-0.25, -0.2) is 0 Å². The Labute approximate surface area is 126 Å². The van der Waals surface area contributed by atoms with Crippen LogP contribution < -0.4 is 0 Å². The minimum atomic E-state index is -1.70. The quantitative estimate of drug-likeness (QED) is 0.470. The van der Waals surface area contributed by atoms with E-state index >= 15 is 0 Å². The van der Waals surface area contributed by atoms with Crippen molar-refractivity contribution < 1.29 is 19.4 Å². The smallest absolute Gasteiger partial charge is 0.328 e. The molecule has 0 aliphatic heterocycles. The second kappa shape index (κ2) is 7.24. The van der Waals surface area contributed by atoms with Gasteiger partial charge in [0.2, 0.25) is 0 Å². The average molecular weight is 341 g/mol. The topological polar surface area (TPSA) is 63.6 Å². The number of carboxylic acids is 1. The van der Waals surface area contributed by atoms with E-state index < -0.39 is 17.4 Å². The van der Waals surface area contributed by atoms with Gasteiger partial charge in [-0.2, -0.15) is 0 Å².